The molecule has 0 saturated heterocycles. The maximum absolute atomic E-state index is 12.0. The van der Waals surface area contributed by atoms with Crippen LogP contribution in [0.3, 0.4) is 0 Å². The molecule has 1 rings (SSSR count). The molecule has 0 unspecified atom stereocenters. The number of hydrogen-bond donors (Lipinski definition) is 0. The van der Waals surface area contributed by atoms with Crippen molar-refractivity contribution >= 4 is 5.97 Å². The van der Waals surface area contributed by atoms with Crippen LogP contribution in [0, 0.1) is 10.8 Å². The molecule has 2 nitrogen and oxygen atoms in total. The smallest absolute Gasteiger partial charge is 0.334 e. The monoisotopic (exact) mass is 346 g/mol. The number of hydrogen-bond acceptors (Lipinski definition) is 2. The minimum atomic E-state index is -0.134. The summed E-state index contributed by atoms with van der Waals surface area (Å²) in [7, 11) is 0. The van der Waals surface area contributed by atoms with Gasteiger partial charge in [-0.1, -0.05) is 77.3 Å². The summed E-state index contributed by atoms with van der Waals surface area (Å²) < 4.78 is 5.32. The molecular weight excluding hydrogens is 308 g/mol. The third kappa shape index (κ3) is 7.22. The Balaban J connectivity index is 2.55. The number of esters is 1. The first-order valence-corrected chi connectivity index (χ1v) is 9.81. The Kier molecular flexibility index (Phi) is 8.18. The zero-order valence-corrected chi connectivity index (χ0v) is 17.5. The topological polar surface area (TPSA) is 26.3 Å². The van der Waals surface area contributed by atoms with Gasteiger partial charge in [-0.25, -0.2) is 4.79 Å². The number of unbranched alkanes of at least 4 members (excludes halogenated alkanes) is 1. The predicted molar refractivity (Wildman–Crippen MR) is 107 cm³/mol. The first kappa shape index (κ1) is 21.7. The first-order chi connectivity index (χ1) is 11.6. The van der Waals surface area contributed by atoms with Crippen molar-refractivity contribution in [1.29, 1.82) is 0 Å². The van der Waals surface area contributed by atoms with Crippen LogP contribution in [-0.4, -0.2) is 12.6 Å². The van der Waals surface area contributed by atoms with Crippen LogP contribution in [0.4, 0.5) is 0 Å². The SMILES string of the molecule is CCCCOC(=O)C1=CCC(C(C)(C)CCC=C(C)C(C)(C)C)=CC1. The summed E-state index contributed by atoms with van der Waals surface area (Å²) in [6, 6.07) is 0. The third-order valence-electron chi connectivity index (χ3n) is 5.40. The van der Waals surface area contributed by atoms with Gasteiger partial charge in [0.1, 0.15) is 0 Å². The quantitative estimate of drug-likeness (QED) is 0.275. The molecule has 2 heteroatoms. The van der Waals surface area contributed by atoms with E-state index in [1.165, 1.54) is 11.1 Å². The van der Waals surface area contributed by atoms with E-state index in [1.54, 1.807) is 0 Å². The molecule has 0 saturated carbocycles. The van der Waals surface area contributed by atoms with Crippen molar-refractivity contribution in [3.8, 4) is 0 Å². The van der Waals surface area contributed by atoms with Gasteiger partial charge in [0.25, 0.3) is 0 Å². The Morgan fingerprint density at radius 2 is 1.84 bits per heavy atom. The summed E-state index contributed by atoms with van der Waals surface area (Å²) in [6.07, 6.45) is 12.5. The molecule has 0 N–H and O–H groups in total. The molecule has 0 aromatic carbocycles. The fraction of sp³-hybridized carbons (Fsp3) is 0.696. The van der Waals surface area contributed by atoms with Crippen molar-refractivity contribution in [2.45, 2.75) is 87.0 Å². The molecule has 0 aromatic heterocycles. The number of carbonyl (C=O) groups is 1. The zero-order chi connectivity index (χ0) is 19.1. The fourth-order valence-electron chi connectivity index (χ4n) is 2.87. The lowest BCUT2D eigenvalue weighted by molar-refractivity contribution is -0.139. The third-order valence-corrected chi connectivity index (χ3v) is 5.40. The van der Waals surface area contributed by atoms with E-state index in [4.69, 9.17) is 4.74 Å². The molecule has 0 heterocycles. The van der Waals surface area contributed by atoms with E-state index in [9.17, 15) is 4.79 Å². The molecule has 0 spiro atoms. The van der Waals surface area contributed by atoms with Crippen LogP contribution in [0.15, 0.2) is 34.9 Å². The Labute approximate surface area is 155 Å². The average Bonchev–Trinajstić information content (AvgIpc) is 2.54. The van der Waals surface area contributed by atoms with Crippen LogP contribution < -0.4 is 0 Å². The van der Waals surface area contributed by atoms with Gasteiger partial charge in [0.2, 0.25) is 0 Å². The van der Waals surface area contributed by atoms with Gasteiger partial charge in [0.15, 0.2) is 0 Å². The second-order valence-electron chi connectivity index (χ2n) is 8.92. The molecule has 0 aliphatic heterocycles. The van der Waals surface area contributed by atoms with Gasteiger partial charge < -0.3 is 4.74 Å². The van der Waals surface area contributed by atoms with E-state index in [0.29, 0.717) is 13.0 Å². The molecule has 0 bridgehead atoms. The lowest BCUT2D eigenvalue weighted by Crippen LogP contribution is -2.18. The van der Waals surface area contributed by atoms with Crippen molar-refractivity contribution in [1.82, 2.24) is 0 Å². The molecule has 0 radical (unpaired) electrons. The molecule has 1 aliphatic carbocycles. The number of ether oxygens (including phenoxy) is 1. The maximum atomic E-state index is 12.0. The van der Waals surface area contributed by atoms with Gasteiger partial charge in [-0.15, -0.1) is 0 Å². The van der Waals surface area contributed by atoms with Crippen LogP contribution in [0.2, 0.25) is 0 Å². The molecule has 1 aliphatic rings. The van der Waals surface area contributed by atoms with Crippen molar-refractivity contribution in [2.24, 2.45) is 10.8 Å². The highest BCUT2D eigenvalue weighted by atomic mass is 16.5. The second kappa shape index (κ2) is 9.40. The molecule has 142 valence electrons. The first-order valence-electron chi connectivity index (χ1n) is 9.81. The Hall–Kier alpha value is -1.31. The normalized spacial score (nSPS) is 16.4. The average molecular weight is 347 g/mol. The van der Waals surface area contributed by atoms with Gasteiger partial charge in [-0.3, -0.25) is 0 Å². The lowest BCUT2D eigenvalue weighted by Gasteiger charge is -2.30. The number of carbonyl (C=O) groups excluding carboxylic acids is 1. The van der Waals surface area contributed by atoms with Crippen molar-refractivity contribution in [3.63, 3.8) is 0 Å². The van der Waals surface area contributed by atoms with Crippen LogP contribution in [0.1, 0.15) is 87.0 Å². The highest BCUT2D eigenvalue weighted by Gasteiger charge is 2.25. The second-order valence-corrected chi connectivity index (χ2v) is 8.92. The summed E-state index contributed by atoms with van der Waals surface area (Å²) in [5, 5.41) is 0. The lowest BCUT2D eigenvalue weighted by atomic mass is 9.75. The fourth-order valence-corrected chi connectivity index (χ4v) is 2.87. The minimum Gasteiger partial charge on any atom is -0.462 e. The molecule has 25 heavy (non-hydrogen) atoms. The highest BCUT2D eigenvalue weighted by Crippen LogP contribution is 2.38. The summed E-state index contributed by atoms with van der Waals surface area (Å²) in [6.45, 7) is 16.3. The molecule has 0 atom stereocenters. The molecule has 0 amide bonds. The van der Waals surface area contributed by atoms with Gasteiger partial charge in [-0.2, -0.15) is 0 Å². The van der Waals surface area contributed by atoms with Crippen molar-refractivity contribution in [3.05, 3.63) is 34.9 Å². The number of rotatable bonds is 8. The largest absolute Gasteiger partial charge is 0.462 e. The summed E-state index contributed by atoms with van der Waals surface area (Å²) in [5.41, 5.74) is 4.14. The van der Waals surface area contributed by atoms with E-state index in [0.717, 1.165) is 37.7 Å². The van der Waals surface area contributed by atoms with E-state index in [-0.39, 0.29) is 16.8 Å². The van der Waals surface area contributed by atoms with E-state index >= 15 is 0 Å². The van der Waals surface area contributed by atoms with Crippen molar-refractivity contribution in [2.75, 3.05) is 6.61 Å². The molecule has 0 fully saturated rings. The van der Waals surface area contributed by atoms with Gasteiger partial charge in [0, 0.05) is 5.57 Å². The van der Waals surface area contributed by atoms with E-state index in [1.807, 2.05) is 0 Å². The number of allylic oxidation sites excluding steroid dienone is 5. The van der Waals surface area contributed by atoms with E-state index < -0.39 is 0 Å². The van der Waals surface area contributed by atoms with Crippen LogP contribution in [0.25, 0.3) is 0 Å². The Morgan fingerprint density at radius 3 is 2.36 bits per heavy atom. The molecular formula is C23H38O2. The van der Waals surface area contributed by atoms with E-state index in [2.05, 4.69) is 66.7 Å². The summed E-state index contributed by atoms with van der Waals surface area (Å²) in [5.74, 6) is -0.134. The van der Waals surface area contributed by atoms with Crippen LogP contribution >= 0.6 is 0 Å². The van der Waals surface area contributed by atoms with Crippen LogP contribution in [0.5, 0.6) is 0 Å². The highest BCUT2D eigenvalue weighted by molar-refractivity contribution is 5.89. The Morgan fingerprint density at radius 1 is 1.16 bits per heavy atom. The van der Waals surface area contributed by atoms with Gasteiger partial charge in [0.05, 0.1) is 6.61 Å². The van der Waals surface area contributed by atoms with Crippen LogP contribution in [-0.2, 0) is 9.53 Å². The maximum Gasteiger partial charge on any atom is 0.334 e. The minimum absolute atomic E-state index is 0.134. The predicted octanol–water partition coefficient (Wildman–Crippen LogP) is 6.78. The zero-order valence-electron chi connectivity index (χ0n) is 17.5. The molecule has 0 aromatic rings. The summed E-state index contributed by atoms with van der Waals surface area (Å²) in [4.78, 5) is 12.0. The van der Waals surface area contributed by atoms with Crippen molar-refractivity contribution < 1.29 is 9.53 Å². The summed E-state index contributed by atoms with van der Waals surface area (Å²) >= 11 is 0. The van der Waals surface area contributed by atoms with Gasteiger partial charge in [-0.05, 0) is 49.9 Å². The Bertz CT molecular complexity index is 539. The standard InChI is InChI=1S/C23H38O2/c1-8-9-17-25-21(24)19-12-14-20(15-13-19)23(6,7)16-10-11-18(2)22(3,4)5/h11-12,15H,8-10,13-14,16-17H2,1-7H3. The van der Waals surface area contributed by atoms with Gasteiger partial charge >= 0.3 is 5.97 Å².